The molecule has 0 saturated heterocycles. The van der Waals surface area contributed by atoms with Gasteiger partial charge in [0.15, 0.2) is 0 Å². The Morgan fingerprint density at radius 3 is 2.31 bits per heavy atom. The quantitative estimate of drug-likeness (QED) is 0.678. The van der Waals surface area contributed by atoms with Crippen LogP contribution in [0, 0.1) is 0 Å². The second kappa shape index (κ2) is 9.68. The van der Waals surface area contributed by atoms with Crippen LogP contribution in [0.1, 0.15) is 17.2 Å². The normalized spacial score (nSPS) is 11.5. The van der Waals surface area contributed by atoms with E-state index in [1.165, 1.54) is 0 Å². The number of anilines is 1. The molecule has 0 aliphatic heterocycles. The lowest BCUT2D eigenvalue weighted by Gasteiger charge is -2.16. The van der Waals surface area contributed by atoms with Crippen molar-refractivity contribution in [2.75, 3.05) is 39.2 Å². The predicted molar refractivity (Wildman–Crippen MR) is 104 cm³/mol. The van der Waals surface area contributed by atoms with Crippen molar-refractivity contribution < 1.29 is 14.6 Å². The third-order valence-corrected chi connectivity index (χ3v) is 4.11. The van der Waals surface area contributed by atoms with Crippen LogP contribution in [-0.4, -0.2) is 45.4 Å². The van der Waals surface area contributed by atoms with Crippen molar-refractivity contribution in [3.8, 4) is 5.75 Å². The number of carbonyl (C=O) groups excluding carboxylic acids is 1. The fourth-order valence-corrected chi connectivity index (χ4v) is 2.48. The summed E-state index contributed by atoms with van der Waals surface area (Å²) < 4.78 is 5.12. The highest BCUT2D eigenvalue weighted by Crippen LogP contribution is 2.17. The molecule has 26 heavy (non-hydrogen) atoms. The molecule has 0 aromatic heterocycles. The first kappa shape index (κ1) is 19.6. The van der Waals surface area contributed by atoms with E-state index < -0.39 is 6.10 Å². The number of amides is 2. The highest BCUT2D eigenvalue weighted by atomic mass is 16.5. The summed E-state index contributed by atoms with van der Waals surface area (Å²) in [5, 5.41) is 15.7. The van der Waals surface area contributed by atoms with Gasteiger partial charge in [0.25, 0.3) is 0 Å². The van der Waals surface area contributed by atoms with Gasteiger partial charge in [-0.25, -0.2) is 4.79 Å². The van der Waals surface area contributed by atoms with Gasteiger partial charge in [-0.15, -0.1) is 0 Å². The van der Waals surface area contributed by atoms with E-state index in [-0.39, 0.29) is 12.6 Å². The lowest BCUT2D eigenvalue weighted by atomic mass is 10.1. The van der Waals surface area contributed by atoms with Gasteiger partial charge in [-0.1, -0.05) is 24.3 Å². The number of nitrogens with one attached hydrogen (secondary N) is 2. The van der Waals surface area contributed by atoms with Crippen LogP contribution in [0.5, 0.6) is 5.75 Å². The molecule has 2 amide bonds. The maximum absolute atomic E-state index is 11.9. The number of hydrogen-bond donors (Lipinski definition) is 3. The third-order valence-electron chi connectivity index (χ3n) is 4.11. The van der Waals surface area contributed by atoms with Crippen LogP contribution < -0.4 is 20.3 Å². The van der Waals surface area contributed by atoms with Crippen molar-refractivity contribution in [3.05, 3.63) is 59.7 Å². The Balaban J connectivity index is 1.70. The average Bonchev–Trinajstić information content (AvgIpc) is 2.66. The molecule has 0 radical (unpaired) electrons. The molecule has 2 aromatic rings. The van der Waals surface area contributed by atoms with Gasteiger partial charge in [0.05, 0.1) is 13.2 Å². The summed E-state index contributed by atoms with van der Waals surface area (Å²) in [5.41, 5.74) is 2.95. The number of methoxy groups -OCH3 is 1. The molecule has 2 aromatic carbocycles. The molecular formula is C20H27N3O3. The Morgan fingerprint density at radius 1 is 1.08 bits per heavy atom. The summed E-state index contributed by atoms with van der Waals surface area (Å²) in [4.78, 5) is 13.8. The largest absolute Gasteiger partial charge is 0.497 e. The monoisotopic (exact) mass is 357 g/mol. The maximum atomic E-state index is 11.9. The van der Waals surface area contributed by atoms with Crippen molar-refractivity contribution in [2.45, 2.75) is 12.5 Å². The van der Waals surface area contributed by atoms with Gasteiger partial charge in [-0.05, 0) is 41.8 Å². The van der Waals surface area contributed by atoms with Gasteiger partial charge in [-0.3, -0.25) is 0 Å². The molecule has 140 valence electrons. The van der Waals surface area contributed by atoms with Crippen LogP contribution >= 0.6 is 0 Å². The van der Waals surface area contributed by atoms with E-state index in [1.54, 1.807) is 7.11 Å². The van der Waals surface area contributed by atoms with Crippen LogP contribution in [0.15, 0.2) is 48.5 Å². The number of carbonyl (C=O) groups is 1. The van der Waals surface area contributed by atoms with Gasteiger partial charge >= 0.3 is 6.03 Å². The Hall–Kier alpha value is -2.73. The third kappa shape index (κ3) is 5.97. The van der Waals surface area contributed by atoms with E-state index in [0.29, 0.717) is 6.54 Å². The Bertz CT molecular complexity index is 684. The van der Waals surface area contributed by atoms with Crippen LogP contribution in [0.25, 0.3) is 0 Å². The van der Waals surface area contributed by atoms with E-state index in [1.807, 2.05) is 67.5 Å². The second-order valence-electron chi connectivity index (χ2n) is 6.24. The molecule has 0 bridgehead atoms. The summed E-state index contributed by atoms with van der Waals surface area (Å²) in [7, 11) is 5.55. The van der Waals surface area contributed by atoms with E-state index in [9.17, 15) is 9.90 Å². The Labute approximate surface area is 154 Å². The molecule has 0 heterocycles. The number of rotatable bonds is 8. The number of aliphatic hydroxyl groups is 1. The van der Waals surface area contributed by atoms with Crippen LogP contribution in [-0.2, 0) is 6.42 Å². The maximum Gasteiger partial charge on any atom is 0.314 e. The predicted octanol–water partition coefficient (Wildman–Crippen LogP) is 2.34. The molecule has 0 saturated carbocycles. The SMILES string of the molecule is COc1ccc(CCNC(=O)NCC(O)c2ccc(N(C)C)cc2)cc1. The first-order valence-corrected chi connectivity index (χ1v) is 8.59. The molecule has 6 nitrogen and oxygen atoms in total. The molecule has 0 aliphatic carbocycles. The van der Waals surface area contributed by atoms with Gasteiger partial charge in [0.1, 0.15) is 5.75 Å². The highest BCUT2D eigenvalue weighted by Gasteiger charge is 2.09. The average molecular weight is 357 g/mol. The van der Waals surface area contributed by atoms with Gasteiger partial charge < -0.3 is 25.4 Å². The summed E-state index contributed by atoms with van der Waals surface area (Å²) >= 11 is 0. The zero-order valence-corrected chi connectivity index (χ0v) is 15.5. The molecule has 1 unspecified atom stereocenters. The topological polar surface area (TPSA) is 73.8 Å². The number of nitrogens with zero attached hydrogens (tertiary/aromatic N) is 1. The number of hydrogen-bond acceptors (Lipinski definition) is 4. The summed E-state index contributed by atoms with van der Waals surface area (Å²) in [6.07, 6.45) is -0.00931. The van der Waals surface area contributed by atoms with Gasteiger partial charge in [0, 0.05) is 32.9 Å². The van der Waals surface area contributed by atoms with Crippen molar-refractivity contribution in [1.82, 2.24) is 10.6 Å². The summed E-state index contributed by atoms with van der Waals surface area (Å²) in [6, 6.07) is 15.1. The van der Waals surface area contributed by atoms with Crippen molar-refractivity contribution in [1.29, 1.82) is 0 Å². The lowest BCUT2D eigenvalue weighted by molar-refractivity contribution is 0.173. The Morgan fingerprint density at radius 2 is 1.73 bits per heavy atom. The highest BCUT2D eigenvalue weighted by molar-refractivity contribution is 5.73. The second-order valence-corrected chi connectivity index (χ2v) is 6.24. The van der Waals surface area contributed by atoms with Crippen LogP contribution in [0.4, 0.5) is 10.5 Å². The van der Waals surface area contributed by atoms with Crippen LogP contribution in [0.2, 0.25) is 0 Å². The molecule has 1 atom stereocenters. The molecule has 0 aliphatic rings. The molecule has 6 heteroatoms. The number of urea groups is 1. The zero-order chi connectivity index (χ0) is 18.9. The minimum Gasteiger partial charge on any atom is -0.497 e. The number of benzene rings is 2. The molecule has 3 N–H and O–H groups in total. The van der Waals surface area contributed by atoms with E-state index >= 15 is 0 Å². The Kier molecular flexibility index (Phi) is 7.29. The summed E-state index contributed by atoms with van der Waals surface area (Å²) in [5.74, 6) is 0.812. The first-order valence-electron chi connectivity index (χ1n) is 8.59. The molecule has 2 rings (SSSR count). The van der Waals surface area contributed by atoms with Gasteiger partial charge in [0.2, 0.25) is 0 Å². The van der Waals surface area contributed by atoms with E-state index in [2.05, 4.69) is 10.6 Å². The van der Waals surface area contributed by atoms with Crippen molar-refractivity contribution >= 4 is 11.7 Å². The molecule has 0 fully saturated rings. The van der Waals surface area contributed by atoms with Crippen molar-refractivity contribution in [3.63, 3.8) is 0 Å². The van der Waals surface area contributed by atoms with Crippen molar-refractivity contribution in [2.24, 2.45) is 0 Å². The number of ether oxygens (including phenoxy) is 1. The zero-order valence-electron chi connectivity index (χ0n) is 15.5. The summed E-state index contributed by atoms with van der Waals surface area (Å²) in [6.45, 7) is 0.682. The minimum atomic E-state index is -0.737. The molecular weight excluding hydrogens is 330 g/mol. The van der Waals surface area contributed by atoms with Gasteiger partial charge in [-0.2, -0.15) is 0 Å². The number of aliphatic hydroxyl groups excluding tert-OH is 1. The molecule has 0 spiro atoms. The first-order chi connectivity index (χ1) is 12.5. The van der Waals surface area contributed by atoms with E-state index in [0.717, 1.165) is 29.0 Å². The standard InChI is InChI=1S/C20H27N3O3/c1-23(2)17-8-6-16(7-9-17)19(24)14-22-20(25)21-13-12-15-4-10-18(26-3)11-5-15/h4-11,19,24H,12-14H2,1-3H3,(H2,21,22,25). The van der Waals surface area contributed by atoms with Crippen LogP contribution in [0.3, 0.4) is 0 Å². The fraction of sp³-hybridized carbons (Fsp3) is 0.350. The fourth-order valence-electron chi connectivity index (χ4n) is 2.48. The smallest absolute Gasteiger partial charge is 0.314 e. The minimum absolute atomic E-state index is 0.162. The lowest BCUT2D eigenvalue weighted by Crippen LogP contribution is -2.38. The van der Waals surface area contributed by atoms with E-state index in [4.69, 9.17) is 4.74 Å².